The zero-order valence-electron chi connectivity index (χ0n) is 13.4. The second kappa shape index (κ2) is 7.12. The molecule has 0 aliphatic heterocycles. The third-order valence-corrected chi connectivity index (χ3v) is 3.66. The zero-order valence-corrected chi connectivity index (χ0v) is 13.4. The molecule has 6 heteroatoms. The van der Waals surface area contributed by atoms with Gasteiger partial charge in [0.05, 0.1) is 29.7 Å². The summed E-state index contributed by atoms with van der Waals surface area (Å²) < 4.78 is 5.06. The number of rotatable bonds is 6. The zero-order chi connectivity index (χ0) is 16.9. The molecule has 0 bridgehead atoms. The first-order chi connectivity index (χ1) is 11.7. The van der Waals surface area contributed by atoms with Crippen molar-refractivity contribution in [3.05, 3.63) is 48.2 Å². The van der Waals surface area contributed by atoms with E-state index in [9.17, 15) is 9.59 Å². The van der Waals surface area contributed by atoms with Crippen LogP contribution >= 0.6 is 0 Å². The fraction of sp³-hybridized carbons (Fsp3) is 0.278. The Morgan fingerprint density at radius 3 is 2.67 bits per heavy atom. The van der Waals surface area contributed by atoms with Gasteiger partial charge in [-0.2, -0.15) is 0 Å². The number of ether oxygens (including phenoxy) is 1. The summed E-state index contributed by atoms with van der Waals surface area (Å²) in [4.78, 5) is 27.9. The molecule has 3 rings (SSSR count). The molecule has 24 heavy (non-hydrogen) atoms. The molecule has 1 fully saturated rings. The number of anilines is 3. The summed E-state index contributed by atoms with van der Waals surface area (Å²) >= 11 is 0. The number of hydrogen-bond donors (Lipinski definition) is 2. The summed E-state index contributed by atoms with van der Waals surface area (Å²) in [6.07, 6.45) is 3.52. The van der Waals surface area contributed by atoms with Gasteiger partial charge in [-0.15, -0.1) is 0 Å². The van der Waals surface area contributed by atoms with Crippen LogP contribution in [0.2, 0.25) is 0 Å². The van der Waals surface area contributed by atoms with Crippen molar-refractivity contribution < 1.29 is 14.3 Å². The Morgan fingerprint density at radius 1 is 1.21 bits per heavy atom. The minimum Gasteiger partial charge on any atom is -0.462 e. The molecule has 0 radical (unpaired) electrons. The predicted molar refractivity (Wildman–Crippen MR) is 91.3 cm³/mol. The Kier molecular flexibility index (Phi) is 4.74. The van der Waals surface area contributed by atoms with E-state index in [0.29, 0.717) is 23.7 Å². The number of carbonyl (C=O) groups is 2. The lowest BCUT2D eigenvalue weighted by atomic mass is 10.1. The van der Waals surface area contributed by atoms with Gasteiger partial charge in [0.2, 0.25) is 5.91 Å². The number of para-hydroxylation sites is 1. The van der Waals surface area contributed by atoms with E-state index in [-0.39, 0.29) is 17.8 Å². The highest BCUT2D eigenvalue weighted by molar-refractivity contribution is 5.96. The maximum absolute atomic E-state index is 12.0. The number of esters is 1. The summed E-state index contributed by atoms with van der Waals surface area (Å²) in [6, 6.07) is 10.7. The SMILES string of the molecule is CCOC(=O)c1ccccc1Nc1ccc(NC(=O)C2CC2)nc1. The second-order valence-electron chi connectivity index (χ2n) is 5.59. The fourth-order valence-electron chi connectivity index (χ4n) is 2.25. The van der Waals surface area contributed by atoms with Gasteiger partial charge in [-0.05, 0) is 44.0 Å². The number of pyridine rings is 1. The third kappa shape index (κ3) is 3.90. The van der Waals surface area contributed by atoms with Crippen molar-refractivity contribution in [3.8, 4) is 0 Å². The van der Waals surface area contributed by atoms with E-state index >= 15 is 0 Å². The van der Waals surface area contributed by atoms with Gasteiger partial charge in [-0.1, -0.05) is 12.1 Å². The lowest BCUT2D eigenvalue weighted by Gasteiger charge is -2.11. The standard InChI is InChI=1S/C18H19N3O3/c1-2-24-18(23)14-5-3-4-6-15(14)20-13-9-10-16(19-11-13)21-17(22)12-7-8-12/h3-6,9-12,20H,2,7-8H2,1H3,(H,19,21,22). The molecule has 1 aromatic heterocycles. The van der Waals surface area contributed by atoms with Crippen LogP contribution in [-0.2, 0) is 9.53 Å². The van der Waals surface area contributed by atoms with E-state index in [1.807, 2.05) is 6.07 Å². The number of hydrogen-bond acceptors (Lipinski definition) is 5. The average Bonchev–Trinajstić information content (AvgIpc) is 3.42. The summed E-state index contributed by atoms with van der Waals surface area (Å²) in [5.74, 6) is 0.315. The Balaban J connectivity index is 1.69. The molecule has 1 aromatic carbocycles. The number of aromatic nitrogens is 1. The first kappa shape index (κ1) is 16.0. The molecule has 6 nitrogen and oxygen atoms in total. The van der Waals surface area contributed by atoms with Crippen LogP contribution in [0, 0.1) is 5.92 Å². The van der Waals surface area contributed by atoms with Gasteiger partial charge >= 0.3 is 5.97 Å². The molecule has 0 spiro atoms. The lowest BCUT2D eigenvalue weighted by molar-refractivity contribution is -0.117. The van der Waals surface area contributed by atoms with Crippen LogP contribution in [0.5, 0.6) is 0 Å². The molecule has 2 aromatic rings. The molecule has 1 saturated carbocycles. The molecule has 124 valence electrons. The molecule has 2 N–H and O–H groups in total. The third-order valence-electron chi connectivity index (χ3n) is 3.66. The number of benzene rings is 1. The number of nitrogens with zero attached hydrogens (tertiary/aromatic N) is 1. The van der Waals surface area contributed by atoms with Crippen LogP contribution in [-0.4, -0.2) is 23.5 Å². The second-order valence-corrected chi connectivity index (χ2v) is 5.59. The van der Waals surface area contributed by atoms with Crippen LogP contribution < -0.4 is 10.6 Å². The highest BCUT2D eigenvalue weighted by Gasteiger charge is 2.29. The normalized spacial score (nSPS) is 13.2. The minimum atomic E-state index is -0.373. The Morgan fingerprint density at radius 2 is 2.00 bits per heavy atom. The van der Waals surface area contributed by atoms with Crippen molar-refractivity contribution in [2.75, 3.05) is 17.2 Å². The highest BCUT2D eigenvalue weighted by Crippen LogP contribution is 2.30. The Bertz CT molecular complexity index is 739. The number of carbonyl (C=O) groups excluding carboxylic acids is 2. The van der Waals surface area contributed by atoms with Gasteiger partial charge < -0.3 is 15.4 Å². The first-order valence-electron chi connectivity index (χ1n) is 7.97. The Labute approximate surface area is 140 Å². The molecule has 0 saturated heterocycles. The highest BCUT2D eigenvalue weighted by atomic mass is 16.5. The van der Waals surface area contributed by atoms with Crippen LogP contribution in [0.4, 0.5) is 17.2 Å². The average molecular weight is 325 g/mol. The first-order valence-corrected chi connectivity index (χ1v) is 7.97. The van der Waals surface area contributed by atoms with Crippen molar-refractivity contribution in [1.29, 1.82) is 0 Å². The largest absolute Gasteiger partial charge is 0.462 e. The van der Waals surface area contributed by atoms with E-state index in [4.69, 9.17) is 4.74 Å². The van der Waals surface area contributed by atoms with E-state index in [0.717, 1.165) is 18.5 Å². The van der Waals surface area contributed by atoms with Crippen LogP contribution in [0.1, 0.15) is 30.1 Å². The fourth-order valence-corrected chi connectivity index (χ4v) is 2.25. The summed E-state index contributed by atoms with van der Waals surface area (Å²) in [7, 11) is 0. The van der Waals surface area contributed by atoms with Crippen LogP contribution in [0.25, 0.3) is 0 Å². The molecular formula is C18H19N3O3. The van der Waals surface area contributed by atoms with Crippen LogP contribution in [0.15, 0.2) is 42.6 Å². The van der Waals surface area contributed by atoms with E-state index in [1.54, 1.807) is 43.5 Å². The molecular weight excluding hydrogens is 306 g/mol. The van der Waals surface area contributed by atoms with Gasteiger partial charge in [-0.3, -0.25) is 4.79 Å². The monoisotopic (exact) mass is 325 g/mol. The van der Waals surface area contributed by atoms with Crippen molar-refractivity contribution in [2.45, 2.75) is 19.8 Å². The Hall–Kier alpha value is -2.89. The maximum Gasteiger partial charge on any atom is 0.340 e. The molecule has 0 unspecified atom stereocenters. The number of nitrogens with one attached hydrogen (secondary N) is 2. The molecule has 1 aliphatic carbocycles. The quantitative estimate of drug-likeness (QED) is 0.796. The summed E-state index contributed by atoms with van der Waals surface area (Å²) in [5.41, 5.74) is 1.83. The topological polar surface area (TPSA) is 80.3 Å². The van der Waals surface area contributed by atoms with Gasteiger partial charge in [0.1, 0.15) is 5.82 Å². The van der Waals surface area contributed by atoms with Crippen LogP contribution in [0.3, 0.4) is 0 Å². The minimum absolute atomic E-state index is 0.0239. The van der Waals surface area contributed by atoms with Gasteiger partial charge in [0.25, 0.3) is 0 Å². The lowest BCUT2D eigenvalue weighted by Crippen LogP contribution is -2.14. The van der Waals surface area contributed by atoms with E-state index < -0.39 is 0 Å². The molecule has 1 amide bonds. The molecule has 1 heterocycles. The smallest absolute Gasteiger partial charge is 0.340 e. The maximum atomic E-state index is 12.0. The van der Waals surface area contributed by atoms with Gasteiger partial charge in [0, 0.05) is 5.92 Å². The van der Waals surface area contributed by atoms with Crippen molar-refractivity contribution in [1.82, 2.24) is 4.98 Å². The van der Waals surface area contributed by atoms with Gasteiger partial charge in [0.15, 0.2) is 0 Å². The summed E-state index contributed by atoms with van der Waals surface area (Å²) in [6.45, 7) is 2.09. The van der Waals surface area contributed by atoms with E-state index in [1.165, 1.54) is 0 Å². The summed E-state index contributed by atoms with van der Waals surface area (Å²) in [5, 5.41) is 5.94. The van der Waals surface area contributed by atoms with Crippen molar-refractivity contribution >= 4 is 29.1 Å². The molecule has 0 atom stereocenters. The number of amides is 1. The molecule has 1 aliphatic rings. The van der Waals surface area contributed by atoms with Crippen molar-refractivity contribution in [2.24, 2.45) is 5.92 Å². The van der Waals surface area contributed by atoms with Crippen molar-refractivity contribution in [3.63, 3.8) is 0 Å². The van der Waals surface area contributed by atoms with Gasteiger partial charge in [-0.25, -0.2) is 9.78 Å². The van der Waals surface area contributed by atoms with E-state index in [2.05, 4.69) is 15.6 Å². The predicted octanol–water partition coefficient (Wildman–Crippen LogP) is 3.35.